The summed E-state index contributed by atoms with van der Waals surface area (Å²) >= 11 is 0. The van der Waals surface area contributed by atoms with Gasteiger partial charge in [-0.15, -0.1) is 0 Å². The number of carbonyl (C=O) groups excluding carboxylic acids is 2. The molecule has 6 nitrogen and oxygen atoms in total. The lowest BCUT2D eigenvalue weighted by molar-refractivity contribution is -0.141. The molecule has 2 amide bonds. The molecule has 0 aromatic carbocycles. The number of amides is 2. The second kappa shape index (κ2) is 7.52. The molecule has 0 radical (unpaired) electrons. The van der Waals surface area contributed by atoms with E-state index in [1.165, 1.54) is 6.42 Å². The smallest absolute Gasteiger partial charge is 0.410 e. The summed E-state index contributed by atoms with van der Waals surface area (Å²) in [5, 5.41) is 0. The number of likely N-dealkylation sites (tertiary alicyclic amines) is 2. The van der Waals surface area contributed by atoms with E-state index in [1.54, 1.807) is 0 Å². The van der Waals surface area contributed by atoms with Crippen molar-refractivity contribution in [3.63, 3.8) is 0 Å². The zero-order valence-corrected chi connectivity index (χ0v) is 16.0. The van der Waals surface area contributed by atoms with E-state index in [0.717, 1.165) is 45.2 Å². The molecule has 0 aromatic rings. The van der Waals surface area contributed by atoms with E-state index in [0.29, 0.717) is 25.6 Å². The van der Waals surface area contributed by atoms with E-state index >= 15 is 0 Å². The van der Waals surface area contributed by atoms with Gasteiger partial charge < -0.3 is 14.5 Å². The second-order valence-electron chi connectivity index (χ2n) is 8.47. The van der Waals surface area contributed by atoms with Crippen molar-refractivity contribution >= 4 is 12.0 Å². The van der Waals surface area contributed by atoms with Crippen molar-refractivity contribution in [2.75, 3.05) is 39.8 Å². The molecule has 3 aliphatic rings. The van der Waals surface area contributed by atoms with Gasteiger partial charge in [0.15, 0.2) is 0 Å². The minimum Gasteiger partial charge on any atom is -0.441 e. The van der Waals surface area contributed by atoms with Gasteiger partial charge in [0.1, 0.15) is 5.60 Å². The standard InChI is InChI=1S/C19H33N3O3/c1-15(2)7-11-22-14-19(25-18(22)24)8-12-21(13-9-19)17(23)16-6-4-5-10-20(16)3/h15-16H,4-14H2,1-3H3. The van der Waals surface area contributed by atoms with E-state index in [1.807, 2.05) is 9.80 Å². The number of likely N-dealkylation sites (N-methyl/N-ethyl adjacent to an activating group) is 1. The van der Waals surface area contributed by atoms with Crippen LogP contribution in [0.1, 0.15) is 52.4 Å². The minimum atomic E-state index is -0.372. The summed E-state index contributed by atoms with van der Waals surface area (Å²) in [6, 6.07) is 0.0384. The molecule has 25 heavy (non-hydrogen) atoms. The maximum absolute atomic E-state index is 12.8. The monoisotopic (exact) mass is 351 g/mol. The summed E-state index contributed by atoms with van der Waals surface area (Å²) in [7, 11) is 2.05. The molecule has 0 bridgehead atoms. The van der Waals surface area contributed by atoms with Crippen LogP contribution in [0.25, 0.3) is 0 Å². The SMILES string of the molecule is CC(C)CCN1CC2(CCN(C(=O)C3CCCCN3C)CC2)OC1=O. The average molecular weight is 351 g/mol. The number of nitrogens with zero attached hydrogens (tertiary/aromatic N) is 3. The molecule has 3 rings (SSSR count). The van der Waals surface area contributed by atoms with Gasteiger partial charge in [-0.3, -0.25) is 9.69 Å². The van der Waals surface area contributed by atoms with Crippen molar-refractivity contribution in [1.29, 1.82) is 0 Å². The highest BCUT2D eigenvalue weighted by molar-refractivity contribution is 5.82. The molecule has 3 heterocycles. The molecule has 1 unspecified atom stereocenters. The molecule has 3 aliphatic heterocycles. The Hall–Kier alpha value is -1.30. The van der Waals surface area contributed by atoms with Crippen LogP contribution in [0.15, 0.2) is 0 Å². The lowest BCUT2D eigenvalue weighted by Crippen LogP contribution is -2.54. The van der Waals surface area contributed by atoms with Crippen molar-refractivity contribution in [3.05, 3.63) is 0 Å². The Labute approximate surface area is 151 Å². The van der Waals surface area contributed by atoms with Gasteiger partial charge in [-0.1, -0.05) is 20.3 Å². The summed E-state index contributed by atoms with van der Waals surface area (Å²) < 4.78 is 5.77. The molecule has 1 spiro atoms. The van der Waals surface area contributed by atoms with Crippen molar-refractivity contribution < 1.29 is 14.3 Å². The topological polar surface area (TPSA) is 53.1 Å². The first kappa shape index (κ1) is 18.5. The van der Waals surface area contributed by atoms with E-state index in [4.69, 9.17) is 4.74 Å². The number of carbonyl (C=O) groups is 2. The Bertz CT molecular complexity index is 500. The number of hydrogen-bond acceptors (Lipinski definition) is 4. The highest BCUT2D eigenvalue weighted by atomic mass is 16.6. The van der Waals surface area contributed by atoms with Crippen LogP contribution in [0.5, 0.6) is 0 Å². The Balaban J connectivity index is 1.53. The maximum Gasteiger partial charge on any atom is 0.410 e. The Kier molecular flexibility index (Phi) is 5.56. The lowest BCUT2D eigenvalue weighted by atomic mass is 9.90. The van der Waals surface area contributed by atoms with E-state index in [9.17, 15) is 9.59 Å². The van der Waals surface area contributed by atoms with Gasteiger partial charge >= 0.3 is 6.09 Å². The highest BCUT2D eigenvalue weighted by Crippen LogP contribution is 2.34. The van der Waals surface area contributed by atoms with Crippen LogP contribution in [-0.4, -0.2) is 78.1 Å². The molecular weight excluding hydrogens is 318 g/mol. The molecule has 0 aromatic heterocycles. The van der Waals surface area contributed by atoms with Crippen LogP contribution in [0.3, 0.4) is 0 Å². The predicted octanol–water partition coefficient (Wildman–Crippen LogP) is 2.33. The summed E-state index contributed by atoms with van der Waals surface area (Å²) in [4.78, 5) is 31.1. The summed E-state index contributed by atoms with van der Waals surface area (Å²) in [5.41, 5.74) is -0.372. The fraction of sp³-hybridized carbons (Fsp3) is 0.895. The summed E-state index contributed by atoms with van der Waals surface area (Å²) in [6.07, 6.45) is 5.65. The lowest BCUT2D eigenvalue weighted by Gasteiger charge is -2.41. The average Bonchev–Trinajstić information content (AvgIpc) is 2.89. The predicted molar refractivity (Wildman–Crippen MR) is 96.3 cm³/mol. The summed E-state index contributed by atoms with van der Waals surface area (Å²) in [5.74, 6) is 0.842. The fourth-order valence-corrected chi connectivity index (χ4v) is 4.27. The van der Waals surface area contributed by atoms with Crippen LogP contribution < -0.4 is 0 Å². The van der Waals surface area contributed by atoms with Crippen molar-refractivity contribution in [1.82, 2.24) is 14.7 Å². The van der Waals surface area contributed by atoms with Gasteiger partial charge in [0.25, 0.3) is 0 Å². The molecule has 3 saturated heterocycles. The first-order valence-electron chi connectivity index (χ1n) is 9.87. The highest BCUT2D eigenvalue weighted by Gasteiger charge is 2.47. The van der Waals surface area contributed by atoms with Gasteiger partial charge in [-0.2, -0.15) is 0 Å². The number of ether oxygens (including phenoxy) is 1. The van der Waals surface area contributed by atoms with Gasteiger partial charge in [0.2, 0.25) is 5.91 Å². The molecule has 142 valence electrons. The number of rotatable bonds is 4. The van der Waals surface area contributed by atoms with Crippen LogP contribution in [-0.2, 0) is 9.53 Å². The number of hydrogen-bond donors (Lipinski definition) is 0. The fourth-order valence-electron chi connectivity index (χ4n) is 4.27. The minimum absolute atomic E-state index is 0.0384. The molecular formula is C19H33N3O3. The van der Waals surface area contributed by atoms with E-state index in [-0.39, 0.29) is 23.6 Å². The van der Waals surface area contributed by atoms with Crippen LogP contribution in [0.4, 0.5) is 4.79 Å². The zero-order chi connectivity index (χ0) is 18.0. The van der Waals surface area contributed by atoms with Crippen molar-refractivity contribution in [2.45, 2.75) is 64.0 Å². The van der Waals surface area contributed by atoms with Crippen LogP contribution in [0.2, 0.25) is 0 Å². The molecule has 3 fully saturated rings. The third kappa shape index (κ3) is 4.10. The Morgan fingerprint density at radius 3 is 2.60 bits per heavy atom. The van der Waals surface area contributed by atoms with Crippen LogP contribution >= 0.6 is 0 Å². The molecule has 0 aliphatic carbocycles. The Morgan fingerprint density at radius 2 is 1.96 bits per heavy atom. The maximum atomic E-state index is 12.8. The third-order valence-corrected chi connectivity index (χ3v) is 6.06. The molecule has 0 N–H and O–H groups in total. The quantitative estimate of drug-likeness (QED) is 0.780. The van der Waals surface area contributed by atoms with E-state index < -0.39 is 0 Å². The summed E-state index contributed by atoms with van der Waals surface area (Å²) in [6.45, 7) is 8.21. The van der Waals surface area contributed by atoms with Gasteiger partial charge in [-0.25, -0.2) is 4.79 Å². The Morgan fingerprint density at radius 1 is 1.24 bits per heavy atom. The van der Waals surface area contributed by atoms with Gasteiger partial charge in [0.05, 0.1) is 12.6 Å². The van der Waals surface area contributed by atoms with Crippen molar-refractivity contribution in [2.24, 2.45) is 5.92 Å². The van der Waals surface area contributed by atoms with Gasteiger partial charge in [0, 0.05) is 32.5 Å². The van der Waals surface area contributed by atoms with E-state index in [2.05, 4.69) is 25.8 Å². The van der Waals surface area contributed by atoms with Crippen molar-refractivity contribution in [3.8, 4) is 0 Å². The molecule has 6 heteroatoms. The molecule has 1 atom stereocenters. The normalized spacial score (nSPS) is 27.2. The van der Waals surface area contributed by atoms with Gasteiger partial charge in [-0.05, 0) is 38.8 Å². The zero-order valence-electron chi connectivity index (χ0n) is 16.0. The largest absolute Gasteiger partial charge is 0.441 e. The first-order valence-corrected chi connectivity index (χ1v) is 9.87. The number of piperidine rings is 2. The third-order valence-electron chi connectivity index (χ3n) is 6.06. The second-order valence-corrected chi connectivity index (χ2v) is 8.47. The van der Waals surface area contributed by atoms with Crippen LogP contribution in [0, 0.1) is 5.92 Å². The first-order chi connectivity index (χ1) is 11.9. The molecule has 0 saturated carbocycles.